The van der Waals surface area contributed by atoms with Crippen LogP contribution in [-0.4, -0.2) is 116 Å². The molecule has 10 atom stereocenters. The van der Waals surface area contributed by atoms with Gasteiger partial charge in [0, 0.05) is 13.8 Å². The third kappa shape index (κ3) is 5.22. The minimum atomic E-state index is -1.92. The van der Waals surface area contributed by atoms with Crippen LogP contribution in [0.15, 0.2) is 0 Å². The summed E-state index contributed by atoms with van der Waals surface area (Å²) in [6.45, 7) is 1.46. The molecule has 14 nitrogen and oxygen atoms in total. The number of hydrogen-bond donors (Lipinski definition) is 8. The van der Waals surface area contributed by atoms with Crippen molar-refractivity contribution in [1.29, 1.82) is 0 Å². The Labute approximate surface area is 170 Å². The number of carbonyl (C=O) groups is 3. The van der Waals surface area contributed by atoms with Gasteiger partial charge in [-0.2, -0.15) is 0 Å². The molecule has 2 saturated heterocycles. The Morgan fingerprint density at radius 2 is 1.47 bits per heavy atom. The summed E-state index contributed by atoms with van der Waals surface area (Å²) in [4.78, 5) is 34.4. The van der Waals surface area contributed by atoms with Gasteiger partial charge in [0.25, 0.3) is 0 Å². The van der Waals surface area contributed by atoms with E-state index in [0.717, 1.165) is 13.8 Å². The maximum atomic E-state index is 11.6. The molecular weight excluding hydrogens is 412 g/mol. The van der Waals surface area contributed by atoms with Crippen molar-refractivity contribution in [1.82, 2.24) is 10.6 Å². The molecule has 2 amide bonds. The van der Waals surface area contributed by atoms with E-state index in [2.05, 4.69) is 10.6 Å². The third-order valence-electron chi connectivity index (χ3n) is 4.75. The molecule has 14 heteroatoms. The quantitative estimate of drug-likeness (QED) is 0.195. The minimum absolute atomic E-state index is 0.646. The van der Waals surface area contributed by atoms with Gasteiger partial charge in [0.1, 0.15) is 42.6 Å². The van der Waals surface area contributed by atoms with E-state index in [1.54, 1.807) is 0 Å². The Balaban J connectivity index is 2.32. The standard InChI is InChI=1S/C16H26N2O12/c1-4(20)17-7-11(24)12(13(14(25)26)29-15(7)27)30-16-8(18-5(2)21)10(23)9(22)6(3-19)28-16/h6-13,15-16,19,22-24,27H,3H2,1-2H3,(H,17,20)(H,18,21)(H,25,26)/t6-,7+,8-,9-,10-,11-,12+,13+,15?,16?/m1/s1. The van der Waals surface area contributed by atoms with Gasteiger partial charge in [-0.05, 0) is 0 Å². The van der Waals surface area contributed by atoms with E-state index in [9.17, 15) is 45.0 Å². The van der Waals surface area contributed by atoms with E-state index in [1.807, 2.05) is 0 Å². The lowest BCUT2D eigenvalue weighted by molar-refractivity contribution is -0.322. The number of aliphatic hydroxyl groups is 5. The van der Waals surface area contributed by atoms with Crippen LogP contribution < -0.4 is 10.6 Å². The van der Waals surface area contributed by atoms with Gasteiger partial charge in [-0.3, -0.25) is 9.59 Å². The lowest BCUT2D eigenvalue weighted by Gasteiger charge is -2.46. The van der Waals surface area contributed by atoms with E-state index in [4.69, 9.17) is 14.2 Å². The first-order valence-electron chi connectivity index (χ1n) is 9.04. The molecule has 30 heavy (non-hydrogen) atoms. The summed E-state index contributed by atoms with van der Waals surface area (Å²) in [5, 5.41) is 64.1. The maximum Gasteiger partial charge on any atom is 0.335 e. The van der Waals surface area contributed by atoms with Crippen LogP contribution >= 0.6 is 0 Å². The molecule has 2 rings (SSSR count). The fourth-order valence-corrected chi connectivity index (χ4v) is 3.35. The smallest absolute Gasteiger partial charge is 0.335 e. The Hall–Kier alpha value is -1.91. The van der Waals surface area contributed by atoms with Crippen LogP contribution in [0.2, 0.25) is 0 Å². The van der Waals surface area contributed by atoms with Crippen molar-refractivity contribution < 1.29 is 59.2 Å². The van der Waals surface area contributed by atoms with Crippen LogP contribution in [0.1, 0.15) is 13.8 Å². The zero-order valence-corrected chi connectivity index (χ0v) is 16.1. The lowest BCUT2D eigenvalue weighted by Crippen LogP contribution is -2.69. The highest BCUT2D eigenvalue weighted by molar-refractivity contribution is 5.75. The number of carboxylic acid groups (broad SMARTS) is 1. The fraction of sp³-hybridized carbons (Fsp3) is 0.812. The summed E-state index contributed by atoms with van der Waals surface area (Å²) in [6.07, 6.45) is -13.6. The summed E-state index contributed by atoms with van der Waals surface area (Å²) in [5.41, 5.74) is 0. The molecule has 0 aromatic heterocycles. The number of carboxylic acids is 1. The number of carbonyl (C=O) groups excluding carboxylic acids is 2. The zero-order valence-electron chi connectivity index (χ0n) is 16.1. The average Bonchev–Trinajstić information content (AvgIpc) is 2.65. The highest BCUT2D eigenvalue weighted by atomic mass is 16.7. The predicted molar refractivity (Wildman–Crippen MR) is 92.4 cm³/mol. The Morgan fingerprint density at radius 3 is 1.97 bits per heavy atom. The SMILES string of the molecule is CC(=O)N[C@@H]1C(O)O[C@H](C(=O)O)[C@@H](OC2O[C@H](CO)[C@@H](O)[C@H](O)[C@H]2NC(C)=O)[C@@H]1O. The largest absolute Gasteiger partial charge is 0.479 e. The highest BCUT2D eigenvalue weighted by Gasteiger charge is 2.53. The molecule has 2 aliphatic heterocycles. The molecule has 0 saturated carbocycles. The van der Waals surface area contributed by atoms with E-state index in [1.165, 1.54) is 0 Å². The lowest BCUT2D eigenvalue weighted by atomic mass is 9.94. The van der Waals surface area contributed by atoms with Gasteiger partial charge in [-0.25, -0.2) is 4.79 Å². The van der Waals surface area contributed by atoms with Crippen LogP contribution in [0.3, 0.4) is 0 Å². The molecule has 2 unspecified atom stereocenters. The third-order valence-corrected chi connectivity index (χ3v) is 4.75. The topological polar surface area (TPSA) is 224 Å². The van der Waals surface area contributed by atoms with Crippen LogP contribution in [0.5, 0.6) is 0 Å². The number of ether oxygens (including phenoxy) is 3. The number of nitrogens with one attached hydrogen (secondary N) is 2. The van der Waals surface area contributed by atoms with Gasteiger partial charge in [0.15, 0.2) is 18.7 Å². The van der Waals surface area contributed by atoms with Crippen LogP contribution in [0.4, 0.5) is 0 Å². The molecule has 0 spiro atoms. The van der Waals surface area contributed by atoms with Gasteiger partial charge in [-0.15, -0.1) is 0 Å². The molecule has 8 N–H and O–H groups in total. The second kappa shape index (κ2) is 9.93. The molecule has 0 aliphatic carbocycles. The molecule has 2 heterocycles. The summed E-state index contributed by atoms with van der Waals surface area (Å²) in [5.74, 6) is -2.92. The normalized spacial score (nSPS) is 41.7. The van der Waals surface area contributed by atoms with Gasteiger partial charge >= 0.3 is 5.97 Å². The Morgan fingerprint density at radius 1 is 0.900 bits per heavy atom. The Kier molecular flexibility index (Phi) is 8.06. The van der Waals surface area contributed by atoms with Gasteiger partial charge < -0.3 is 55.5 Å². The predicted octanol–water partition coefficient (Wildman–Crippen LogP) is -5.02. The van der Waals surface area contributed by atoms with E-state index in [0.29, 0.717) is 0 Å². The van der Waals surface area contributed by atoms with Crippen molar-refractivity contribution >= 4 is 17.8 Å². The monoisotopic (exact) mass is 438 g/mol. The fourth-order valence-electron chi connectivity index (χ4n) is 3.35. The summed E-state index contributed by atoms with van der Waals surface area (Å²) >= 11 is 0. The van der Waals surface area contributed by atoms with Crippen LogP contribution in [0.25, 0.3) is 0 Å². The van der Waals surface area contributed by atoms with E-state index >= 15 is 0 Å². The van der Waals surface area contributed by atoms with E-state index < -0.39 is 85.7 Å². The average molecular weight is 438 g/mol. The van der Waals surface area contributed by atoms with Crippen molar-refractivity contribution in [2.24, 2.45) is 0 Å². The van der Waals surface area contributed by atoms with Crippen LogP contribution in [-0.2, 0) is 28.6 Å². The first-order valence-corrected chi connectivity index (χ1v) is 9.04. The molecule has 0 bridgehead atoms. The van der Waals surface area contributed by atoms with Crippen molar-refractivity contribution in [3.8, 4) is 0 Å². The Bertz CT molecular complexity index is 648. The van der Waals surface area contributed by atoms with Crippen LogP contribution in [0, 0.1) is 0 Å². The first-order chi connectivity index (χ1) is 14.0. The van der Waals surface area contributed by atoms with Crippen molar-refractivity contribution in [2.75, 3.05) is 6.61 Å². The summed E-state index contributed by atoms with van der Waals surface area (Å²) < 4.78 is 15.8. The number of amides is 2. The zero-order chi connectivity index (χ0) is 22.7. The second-order valence-electron chi connectivity index (χ2n) is 7.04. The number of rotatable bonds is 6. The molecule has 0 radical (unpaired) electrons. The number of aliphatic carboxylic acids is 1. The van der Waals surface area contributed by atoms with Gasteiger partial charge in [-0.1, -0.05) is 0 Å². The minimum Gasteiger partial charge on any atom is -0.479 e. The molecule has 172 valence electrons. The molecule has 2 aliphatic rings. The summed E-state index contributed by atoms with van der Waals surface area (Å²) in [7, 11) is 0. The van der Waals surface area contributed by atoms with Crippen molar-refractivity contribution in [3.05, 3.63) is 0 Å². The number of hydrogen-bond acceptors (Lipinski definition) is 11. The van der Waals surface area contributed by atoms with Gasteiger partial charge in [0.05, 0.1) is 6.61 Å². The summed E-state index contributed by atoms with van der Waals surface area (Å²) in [6, 6.07) is -2.87. The van der Waals surface area contributed by atoms with Crippen molar-refractivity contribution in [2.45, 2.75) is 75.1 Å². The highest BCUT2D eigenvalue weighted by Crippen LogP contribution is 2.29. The maximum absolute atomic E-state index is 11.6. The van der Waals surface area contributed by atoms with E-state index in [-0.39, 0.29) is 0 Å². The molecule has 0 aromatic rings. The molecule has 2 fully saturated rings. The van der Waals surface area contributed by atoms with Gasteiger partial charge in [0.2, 0.25) is 11.8 Å². The molecule has 0 aromatic carbocycles. The second-order valence-corrected chi connectivity index (χ2v) is 7.04. The molecular formula is C16H26N2O12. The first kappa shape index (κ1) is 24.4. The number of aliphatic hydroxyl groups excluding tert-OH is 5. The van der Waals surface area contributed by atoms with Crippen molar-refractivity contribution in [3.63, 3.8) is 0 Å².